The number of hydrogen-bond acceptors (Lipinski definition) is 5. The minimum Gasteiger partial charge on any atom is -0.387 e. The van der Waals surface area contributed by atoms with Crippen molar-refractivity contribution >= 4 is 13.7 Å². The fourth-order valence-corrected chi connectivity index (χ4v) is 10.9. The third-order valence-electron chi connectivity index (χ3n) is 15.4. The van der Waals surface area contributed by atoms with Gasteiger partial charge in [0.1, 0.15) is 13.2 Å². The SMILES string of the molecule is CCCCCCC/C=C\C/C=C\CCCCCCCCCCCCCCCCCCCCCCCCCCCC(=O)NC(COP(=O)(O)OCC[N+](C)(C)C)C(O)/C=C/CCCCCCCCCCCCCCCCC. The molecule has 3 atom stereocenters. The Morgan fingerprint density at radius 1 is 0.447 bits per heavy atom. The number of allylic oxidation sites excluding steroid dienone is 5. The molecule has 0 heterocycles. The van der Waals surface area contributed by atoms with Gasteiger partial charge in [0.2, 0.25) is 5.91 Å². The zero-order valence-corrected chi connectivity index (χ0v) is 52.4. The maximum atomic E-state index is 13.0. The average Bonchev–Trinajstić information content (AvgIpc) is 3.38. The van der Waals surface area contributed by atoms with Crippen LogP contribution in [-0.2, 0) is 18.4 Å². The van der Waals surface area contributed by atoms with E-state index in [1.54, 1.807) is 6.08 Å². The Morgan fingerprint density at radius 2 is 0.750 bits per heavy atom. The first kappa shape index (κ1) is 74.7. The minimum atomic E-state index is -4.35. The van der Waals surface area contributed by atoms with E-state index in [1.165, 1.54) is 270 Å². The van der Waals surface area contributed by atoms with E-state index in [0.717, 1.165) is 44.9 Å². The van der Waals surface area contributed by atoms with Crippen molar-refractivity contribution in [1.29, 1.82) is 0 Å². The lowest BCUT2D eigenvalue weighted by atomic mass is 10.0. The highest BCUT2D eigenvalue weighted by molar-refractivity contribution is 7.47. The van der Waals surface area contributed by atoms with Gasteiger partial charge < -0.3 is 19.8 Å². The Morgan fingerprint density at radius 3 is 1.08 bits per heavy atom. The van der Waals surface area contributed by atoms with Crippen molar-refractivity contribution in [3.63, 3.8) is 0 Å². The summed E-state index contributed by atoms with van der Waals surface area (Å²) in [5, 5.41) is 14.0. The number of phosphoric ester groups is 1. The minimum absolute atomic E-state index is 0.0639. The van der Waals surface area contributed by atoms with Crippen molar-refractivity contribution in [1.82, 2.24) is 5.32 Å². The number of nitrogens with zero attached hydrogens (tertiary/aromatic N) is 1. The van der Waals surface area contributed by atoms with Crippen molar-refractivity contribution < 1.29 is 32.9 Å². The summed E-state index contributed by atoms with van der Waals surface area (Å²) in [6.07, 6.45) is 77.1. The van der Waals surface area contributed by atoms with Gasteiger partial charge in [-0.1, -0.05) is 314 Å². The molecular formula is C67H132N2O6P+. The van der Waals surface area contributed by atoms with Crippen molar-refractivity contribution in [3.05, 3.63) is 36.5 Å². The monoisotopic (exact) mass is 1090 g/mol. The molecule has 3 unspecified atom stereocenters. The number of rotatable bonds is 62. The molecule has 0 aliphatic heterocycles. The number of aliphatic hydroxyl groups is 1. The van der Waals surface area contributed by atoms with E-state index in [9.17, 15) is 19.4 Å². The van der Waals surface area contributed by atoms with E-state index in [0.29, 0.717) is 17.4 Å². The number of amides is 1. The van der Waals surface area contributed by atoms with Crippen molar-refractivity contribution in [2.45, 2.75) is 347 Å². The summed E-state index contributed by atoms with van der Waals surface area (Å²) >= 11 is 0. The molecule has 450 valence electrons. The molecule has 0 bridgehead atoms. The molecule has 1 amide bonds. The maximum Gasteiger partial charge on any atom is 0.472 e. The van der Waals surface area contributed by atoms with E-state index in [2.05, 4.69) is 43.5 Å². The Bertz CT molecular complexity index is 1330. The van der Waals surface area contributed by atoms with Gasteiger partial charge in [0.05, 0.1) is 39.9 Å². The Hall–Kier alpha value is -1.28. The van der Waals surface area contributed by atoms with Gasteiger partial charge in [-0.2, -0.15) is 0 Å². The van der Waals surface area contributed by atoms with Crippen LogP contribution >= 0.6 is 7.82 Å². The van der Waals surface area contributed by atoms with Crippen LogP contribution in [0.3, 0.4) is 0 Å². The molecule has 0 aliphatic rings. The number of quaternary nitrogens is 1. The zero-order valence-electron chi connectivity index (χ0n) is 51.5. The van der Waals surface area contributed by atoms with Crippen LogP contribution in [-0.4, -0.2) is 73.4 Å². The number of phosphoric acid groups is 1. The van der Waals surface area contributed by atoms with Crippen LogP contribution in [0.25, 0.3) is 0 Å². The fourth-order valence-electron chi connectivity index (χ4n) is 10.1. The number of hydrogen-bond donors (Lipinski definition) is 3. The van der Waals surface area contributed by atoms with Crippen LogP contribution in [0.2, 0.25) is 0 Å². The van der Waals surface area contributed by atoms with Gasteiger partial charge in [-0.15, -0.1) is 0 Å². The van der Waals surface area contributed by atoms with Crippen LogP contribution < -0.4 is 5.32 Å². The van der Waals surface area contributed by atoms with Crippen LogP contribution in [0, 0.1) is 0 Å². The van der Waals surface area contributed by atoms with Crippen molar-refractivity contribution in [2.24, 2.45) is 0 Å². The fraction of sp³-hybridized carbons (Fsp3) is 0.896. The van der Waals surface area contributed by atoms with Gasteiger partial charge in [0.15, 0.2) is 0 Å². The lowest BCUT2D eigenvalue weighted by Gasteiger charge is -2.25. The summed E-state index contributed by atoms with van der Waals surface area (Å²) in [7, 11) is 1.59. The molecule has 0 saturated heterocycles. The highest BCUT2D eigenvalue weighted by Gasteiger charge is 2.28. The highest BCUT2D eigenvalue weighted by Crippen LogP contribution is 2.43. The molecule has 0 saturated carbocycles. The predicted octanol–water partition coefficient (Wildman–Crippen LogP) is 20.9. The van der Waals surface area contributed by atoms with Crippen LogP contribution in [0.5, 0.6) is 0 Å². The van der Waals surface area contributed by atoms with Crippen LogP contribution in [0.4, 0.5) is 0 Å². The molecular weight excluding hydrogens is 960 g/mol. The first-order valence-corrected chi connectivity index (χ1v) is 34.9. The van der Waals surface area contributed by atoms with Gasteiger partial charge in [-0.05, 0) is 51.4 Å². The lowest BCUT2D eigenvalue weighted by molar-refractivity contribution is -0.870. The van der Waals surface area contributed by atoms with E-state index in [1.807, 2.05) is 27.2 Å². The Labute approximate surface area is 474 Å². The number of nitrogens with one attached hydrogen (secondary N) is 1. The number of carbonyl (C=O) groups excluding carboxylic acids is 1. The third kappa shape index (κ3) is 60.4. The topological polar surface area (TPSA) is 105 Å². The van der Waals surface area contributed by atoms with E-state index < -0.39 is 20.0 Å². The first-order chi connectivity index (χ1) is 37.0. The third-order valence-corrected chi connectivity index (χ3v) is 16.3. The Balaban J connectivity index is 3.94. The molecule has 3 N–H and O–H groups in total. The predicted molar refractivity (Wildman–Crippen MR) is 332 cm³/mol. The van der Waals surface area contributed by atoms with E-state index >= 15 is 0 Å². The molecule has 9 heteroatoms. The van der Waals surface area contributed by atoms with Gasteiger partial charge in [0.25, 0.3) is 0 Å². The summed E-state index contributed by atoms with van der Waals surface area (Å²) in [5.41, 5.74) is 0. The second-order valence-corrected chi connectivity index (χ2v) is 25.7. The standard InChI is InChI=1S/C67H131N2O6P/c1-6-8-10-12-14-16-18-20-22-24-25-26-27-28-29-30-31-32-33-34-35-36-37-38-39-40-41-42-43-45-47-49-51-53-55-57-59-61-67(71)68-65(64-75-76(72,73)74-63-62-69(3,4)5)66(70)60-58-56-54-52-50-48-46-44-23-21-19-17-15-13-11-9-7-2/h18,20,24-25,58,60,65-66,70H,6-17,19,21-23,26-57,59,61-64H2,1-5H3,(H-,68,71,72,73)/p+1/b20-18-,25-24-,60-58+. The van der Waals surface area contributed by atoms with Gasteiger partial charge in [0, 0.05) is 6.42 Å². The molecule has 8 nitrogen and oxygen atoms in total. The molecule has 0 aliphatic carbocycles. The summed E-state index contributed by atoms with van der Waals surface area (Å²) in [4.78, 5) is 23.4. The largest absolute Gasteiger partial charge is 0.472 e. The average molecular weight is 1090 g/mol. The van der Waals surface area contributed by atoms with Gasteiger partial charge in [-0.3, -0.25) is 13.8 Å². The van der Waals surface area contributed by atoms with E-state index in [4.69, 9.17) is 9.05 Å². The quantitative estimate of drug-likeness (QED) is 0.0243. The van der Waals surface area contributed by atoms with E-state index in [-0.39, 0.29) is 19.1 Å². The summed E-state index contributed by atoms with van der Waals surface area (Å²) in [6, 6.07) is -0.844. The lowest BCUT2D eigenvalue weighted by Crippen LogP contribution is -2.45. The second kappa shape index (κ2) is 58.4. The number of likely N-dealkylation sites (N-methyl/N-ethyl adjacent to an activating group) is 1. The smallest absolute Gasteiger partial charge is 0.387 e. The first-order valence-electron chi connectivity index (χ1n) is 33.4. The highest BCUT2D eigenvalue weighted by atomic mass is 31.2. The summed E-state index contributed by atoms with van der Waals surface area (Å²) in [6.45, 7) is 4.85. The van der Waals surface area contributed by atoms with Gasteiger partial charge in [-0.25, -0.2) is 4.57 Å². The van der Waals surface area contributed by atoms with Crippen LogP contribution in [0.1, 0.15) is 335 Å². The van der Waals surface area contributed by atoms with Gasteiger partial charge >= 0.3 is 7.82 Å². The van der Waals surface area contributed by atoms with Crippen molar-refractivity contribution in [3.8, 4) is 0 Å². The molecule has 0 fully saturated rings. The van der Waals surface area contributed by atoms with Crippen LogP contribution in [0.15, 0.2) is 36.5 Å². The maximum absolute atomic E-state index is 13.0. The molecule has 0 aromatic heterocycles. The van der Waals surface area contributed by atoms with Crippen molar-refractivity contribution in [2.75, 3.05) is 40.9 Å². The molecule has 0 aromatic rings. The number of aliphatic hydroxyl groups excluding tert-OH is 1. The normalized spacial score (nSPS) is 13.9. The molecule has 0 aromatic carbocycles. The second-order valence-electron chi connectivity index (χ2n) is 24.2. The Kier molecular flexibility index (Phi) is 57.4. The number of unbranched alkanes of at least 4 members (excludes halogenated alkanes) is 45. The molecule has 76 heavy (non-hydrogen) atoms. The summed E-state index contributed by atoms with van der Waals surface area (Å²) in [5.74, 6) is -0.170. The zero-order chi connectivity index (χ0) is 55.6. The molecule has 0 rings (SSSR count). The molecule has 0 radical (unpaired) electrons. The number of carbonyl (C=O) groups is 1. The summed E-state index contributed by atoms with van der Waals surface area (Å²) < 4.78 is 23.8. The molecule has 0 spiro atoms.